The summed E-state index contributed by atoms with van der Waals surface area (Å²) in [6, 6.07) is 6.05. The Kier molecular flexibility index (Phi) is 1.87. The van der Waals surface area contributed by atoms with Crippen molar-refractivity contribution in [2.75, 3.05) is 0 Å². The normalized spacial score (nSPS) is 16.1. The fraction of sp³-hybridized carbons (Fsp3) is 0.300. The van der Waals surface area contributed by atoms with Gasteiger partial charge in [0.05, 0.1) is 0 Å². The van der Waals surface area contributed by atoms with Gasteiger partial charge >= 0.3 is 0 Å². The topological polar surface area (TPSA) is 0 Å². The van der Waals surface area contributed by atoms with E-state index in [-0.39, 0.29) is 0 Å². The van der Waals surface area contributed by atoms with Crippen molar-refractivity contribution in [2.24, 2.45) is 0 Å². The van der Waals surface area contributed by atoms with Gasteiger partial charge in [-0.2, -0.15) is 0 Å². The average molecular weight is 165 g/mol. The zero-order valence-electron chi connectivity index (χ0n) is 6.23. The highest BCUT2D eigenvalue weighted by Gasteiger charge is 2.08. The molecule has 0 heterocycles. The molecule has 1 aliphatic rings. The third-order valence-corrected chi connectivity index (χ3v) is 2.25. The minimum atomic E-state index is 0.818. The number of halogens is 1. The number of aryl methyl sites for hydroxylation is 1. The van der Waals surface area contributed by atoms with E-state index in [0.717, 1.165) is 11.4 Å². The minimum Gasteiger partial charge on any atom is -0.0843 e. The van der Waals surface area contributed by atoms with Crippen molar-refractivity contribution < 1.29 is 0 Å². The fourth-order valence-corrected chi connectivity index (χ4v) is 1.61. The average Bonchev–Trinajstić information content (AvgIpc) is 2.04. The van der Waals surface area contributed by atoms with Gasteiger partial charge in [-0.3, -0.25) is 0 Å². The molecule has 0 aliphatic heterocycles. The first-order valence-corrected chi connectivity index (χ1v) is 4.26. The van der Waals surface area contributed by atoms with E-state index in [2.05, 4.69) is 12.5 Å². The Morgan fingerprint density at radius 1 is 1.36 bits per heavy atom. The van der Waals surface area contributed by atoms with Gasteiger partial charge in [0.2, 0.25) is 0 Å². The van der Waals surface area contributed by atoms with Gasteiger partial charge in [0, 0.05) is 11.4 Å². The summed E-state index contributed by atoms with van der Waals surface area (Å²) in [5.41, 5.74) is 2.60. The largest absolute Gasteiger partial charge is 0.0843 e. The molecule has 0 bridgehead atoms. The number of rotatable bonds is 0. The van der Waals surface area contributed by atoms with Gasteiger partial charge in [0.25, 0.3) is 0 Å². The summed E-state index contributed by atoms with van der Waals surface area (Å²) in [5, 5.41) is 0.818. The van der Waals surface area contributed by atoms with Gasteiger partial charge in [0.15, 0.2) is 0 Å². The monoisotopic (exact) mass is 164 g/mol. The molecule has 0 N–H and O–H groups in total. The fourth-order valence-electron chi connectivity index (χ4n) is 1.43. The van der Waals surface area contributed by atoms with Crippen molar-refractivity contribution in [3.05, 3.63) is 40.8 Å². The Morgan fingerprint density at radius 2 is 2.27 bits per heavy atom. The van der Waals surface area contributed by atoms with E-state index in [4.69, 9.17) is 11.6 Å². The lowest BCUT2D eigenvalue weighted by Gasteiger charge is -2.14. The molecule has 0 unspecified atom stereocenters. The molecule has 0 aromatic heterocycles. The maximum Gasteiger partial charge on any atom is 0.0409 e. The smallest absolute Gasteiger partial charge is 0.0409 e. The second kappa shape index (κ2) is 2.86. The Balaban J connectivity index is 2.43. The number of benzene rings is 1. The zero-order valence-corrected chi connectivity index (χ0v) is 6.99. The van der Waals surface area contributed by atoms with Crippen molar-refractivity contribution in [1.82, 2.24) is 0 Å². The summed E-state index contributed by atoms with van der Waals surface area (Å²) in [4.78, 5) is 0. The van der Waals surface area contributed by atoms with Crippen LogP contribution in [0.15, 0.2) is 18.2 Å². The van der Waals surface area contributed by atoms with Crippen LogP contribution in [0.3, 0.4) is 0 Å². The molecule has 1 heteroatoms. The predicted octanol–water partition coefficient (Wildman–Crippen LogP) is 3.11. The van der Waals surface area contributed by atoms with E-state index in [1.165, 1.54) is 24.0 Å². The van der Waals surface area contributed by atoms with Crippen LogP contribution in [0.1, 0.15) is 24.0 Å². The summed E-state index contributed by atoms with van der Waals surface area (Å²) < 4.78 is 0. The van der Waals surface area contributed by atoms with Crippen LogP contribution >= 0.6 is 11.6 Å². The van der Waals surface area contributed by atoms with E-state index < -0.39 is 0 Å². The molecule has 2 radical (unpaired) electrons. The second-order valence-corrected chi connectivity index (χ2v) is 3.27. The van der Waals surface area contributed by atoms with Crippen molar-refractivity contribution in [2.45, 2.75) is 19.3 Å². The first-order valence-electron chi connectivity index (χ1n) is 3.88. The van der Waals surface area contributed by atoms with Crippen LogP contribution in [-0.4, -0.2) is 0 Å². The van der Waals surface area contributed by atoms with Crippen LogP contribution in [0.25, 0.3) is 0 Å². The maximum atomic E-state index is 5.84. The van der Waals surface area contributed by atoms with Crippen LogP contribution in [-0.2, 0) is 6.42 Å². The molecule has 1 aliphatic carbocycles. The molecule has 0 atom stereocenters. The van der Waals surface area contributed by atoms with E-state index >= 15 is 0 Å². The molecule has 11 heavy (non-hydrogen) atoms. The Labute approximate surface area is 72.2 Å². The summed E-state index contributed by atoms with van der Waals surface area (Å²) in [6.45, 7) is 0. The van der Waals surface area contributed by atoms with Crippen molar-refractivity contribution in [3.63, 3.8) is 0 Å². The summed E-state index contributed by atoms with van der Waals surface area (Å²) in [7, 11) is 0. The van der Waals surface area contributed by atoms with Gasteiger partial charge in [-0.25, -0.2) is 0 Å². The van der Waals surface area contributed by atoms with Crippen molar-refractivity contribution >= 4 is 11.6 Å². The SMILES string of the molecule is Clc1ccc2c(c1)[C]CCC2. The molecule has 0 amide bonds. The van der Waals surface area contributed by atoms with E-state index in [0.29, 0.717) is 0 Å². The summed E-state index contributed by atoms with van der Waals surface area (Å²) >= 11 is 5.84. The third-order valence-electron chi connectivity index (χ3n) is 2.01. The first-order chi connectivity index (χ1) is 5.36. The van der Waals surface area contributed by atoms with Gasteiger partial charge in [-0.15, -0.1) is 0 Å². The first kappa shape index (κ1) is 7.17. The highest BCUT2D eigenvalue weighted by molar-refractivity contribution is 6.30. The van der Waals surface area contributed by atoms with Crippen LogP contribution in [0.2, 0.25) is 5.02 Å². The van der Waals surface area contributed by atoms with E-state index in [1.807, 2.05) is 12.1 Å². The molecule has 1 aromatic carbocycles. The molecule has 0 spiro atoms. The van der Waals surface area contributed by atoms with Crippen LogP contribution in [0.5, 0.6) is 0 Å². The van der Waals surface area contributed by atoms with Gasteiger partial charge in [0.1, 0.15) is 0 Å². The number of hydrogen-bond acceptors (Lipinski definition) is 0. The second-order valence-electron chi connectivity index (χ2n) is 2.83. The van der Waals surface area contributed by atoms with Crippen molar-refractivity contribution in [1.29, 1.82) is 0 Å². The summed E-state index contributed by atoms with van der Waals surface area (Å²) in [6.07, 6.45) is 6.81. The van der Waals surface area contributed by atoms with Gasteiger partial charge in [-0.1, -0.05) is 17.7 Å². The Bertz CT molecular complexity index is 266. The lowest BCUT2D eigenvalue weighted by Crippen LogP contribution is -1.99. The quantitative estimate of drug-likeness (QED) is 0.553. The molecular weight excluding hydrogens is 156 g/mol. The molecular formula is C10H9Cl. The third kappa shape index (κ3) is 1.41. The maximum absolute atomic E-state index is 5.84. The van der Waals surface area contributed by atoms with Crippen LogP contribution < -0.4 is 0 Å². The number of hydrogen-bond donors (Lipinski definition) is 0. The molecule has 0 nitrogen and oxygen atoms in total. The molecule has 1 aromatic rings. The molecule has 0 saturated carbocycles. The minimum absolute atomic E-state index is 0.818. The zero-order chi connectivity index (χ0) is 7.68. The molecule has 0 fully saturated rings. The van der Waals surface area contributed by atoms with Crippen molar-refractivity contribution in [3.8, 4) is 0 Å². The highest BCUT2D eigenvalue weighted by Crippen LogP contribution is 2.25. The van der Waals surface area contributed by atoms with Gasteiger partial charge < -0.3 is 0 Å². The van der Waals surface area contributed by atoms with Crippen LogP contribution in [0, 0.1) is 6.42 Å². The summed E-state index contributed by atoms with van der Waals surface area (Å²) in [5.74, 6) is 0. The van der Waals surface area contributed by atoms with Crippen LogP contribution in [0.4, 0.5) is 0 Å². The molecule has 0 saturated heterocycles. The van der Waals surface area contributed by atoms with E-state index in [1.54, 1.807) is 0 Å². The molecule has 2 rings (SSSR count). The lowest BCUT2D eigenvalue weighted by atomic mass is 9.92. The highest BCUT2D eigenvalue weighted by atomic mass is 35.5. The lowest BCUT2D eigenvalue weighted by molar-refractivity contribution is 0.775. The van der Waals surface area contributed by atoms with E-state index in [9.17, 15) is 0 Å². The Hall–Kier alpha value is -0.490. The predicted molar refractivity (Wildman–Crippen MR) is 46.7 cm³/mol. The number of fused-ring (bicyclic) bond motifs is 1. The Morgan fingerprint density at radius 3 is 3.18 bits per heavy atom. The van der Waals surface area contributed by atoms with Gasteiger partial charge in [-0.05, 0) is 42.5 Å². The standard InChI is InChI=1S/C10H9Cl/c11-10-6-5-8-3-1-2-4-9(8)7-10/h5-7H,1-3H2. The molecule has 56 valence electrons.